The number of ether oxygens (including phenoxy) is 1. The molecule has 7 heteroatoms. The Kier molecular flexibility index (Phi) is 6.37. The summed E-state index contributed by atoms with van der Waals surface area (Å²) in [4.78, 5) is 28.1. The second-order valence-electron chi connectivity index (χ2n) is 8.24. The SMILES string of the molecule is CCOC(=O)c1cc2n(c1)-c1ccccc1N(CC(=O)c1ccc(Cl)cc1)C2c1ccc(Cl)cc1. The van der Waals surface area contributed by atoms with Gasteiger partial charge < -0.3 is 14.2 Å². The number of Topliss-reactive ketones (excluding diaryl/α,β-unsaturated/α-hetero) is 1. The van der Waals surface area contributed by atoms with Crippen molar-refractivity contribution in [3.05, 3.63) is 117 Å². The van der Waals surface area contributed by atoms with Crippen molar-refractivity contribution < 1.29 is 14.3 Å². The summed E-state index contributed by atoms with van der Waals surface area (Å²) in [6.07, 6.45) is 1.80. The highest BCUT2D eigenvalue weighted by molar-refractivity contribution is 6.30. The Balaban J connectivity index is 1.65. The van der Waals surface area contributed by atoms with Gasteiger partial charge in [0.25, 0.3) is 0 Å². The van der Waals surface area contributed by atoms with E-state index in [1.807, 2.05) is 59.2 Å². The molecule has 2 heterocycles. The summed E-state index contributed by atoms with van der Waals surface area (Å²) in [7, 11) is 0. The first-order valence-corrected chi connectivity index (χ1v) is 12.0. The molecule has 3 aromatic carbocycles. The number of anilines is 1. The fraction of sp³-hybridized carbons (Fsp3) is 0.143. The van der Waals surface area contributed by atoms with E-state index in [2.05, 4.69) is 4.90 Å². The van der Waals surface area contributed by atoms with Crippen molar-refractivity contribution in [2.45, 2.75) is 13.0 Å². The van der Waals surface area contributed by atoms with Crippen molar-refractivity contribution in [3.63, 3.8) is 0 Å². The lowest BCUT2D eigenvalue weighted by Crippen LogP contribution is -2.38. The van der Waals surface area contributed by atoms with E-state index in [0.29, 0.717) is 21.2 Å². The Morgan fingerprint density at radius 2 is 1.49 bits per heavy atom. The van der Waals surface area contributed by atoms with Crippen LogP contribution in [0.25, 0.3) is 5.69 Å². The minimum Gasteiger partial charge on any atom is -0.462 e. The van der Waals surface area contributed by atoms with Gasteiger partial charge in [-0.25, -0.2) is 4.79 Å². The summed E-state index contributed by atoms with van der Waals surface area (Å²) in [5, 5.41) is 1.20. The zero-order valence-corrected chi connectivity index (χ0v) is 20.5. The molecule has 1 unspecified atom stereocenters. The van der Waals surface area contributed by atoms with Gasteiger partial charge in [0.2, 0.25) is 0 Å². The molecule has 0 spiro atoms. The van der Waals surface area contributed by atoms with Crippen LogP contribution in [0.2, 0.25) is 10.0 Å². The standard InChI is InChI=1S/C28H22Cl2N2O3/c1-2-35-28(34)20-15-25-27(19-9-13-22(30)14-10-19)32(17-26(33)18-7-11-21(29)12-8-18)24-6-4-3-5-23(24)31(25)16-20/h3-16,27H,2,17H2,1H3. The lowest BCUT2D eigenvalue weighted by molar-refractivity contribution is 0.0526. The molecular weight excluding hydrogens is 483 g/mol. The molecule has 1 aliphatic heterocycles. The van der Waals surface area contributed by atoms with Crippen LogP contribution in [0.5, 0.6) is 0 Å². The molecule has 0 saturated carbocycles. The Morgan fingerprint density at radius 3 is 2.14 bits per heavy atom. The van der Waals surface area contributed by atoms with Crippen LogP contribution in [0.1, 0.15) is 44.9 Å². The summed E-state index contributed by atoms with van der Waals surface area (Å²) in [5.74, 6) is -0.424. The summed E-state index contributed by atoms with van der Waals surface area (Å²) in [6.45, 7) is 2.20. The molecule has 0 bridgehead atoms. The largest absolute Gasteiger partial charge is 0.462 e. The number of benzene rings is 3. The maximum atomic E-state index is 13.4. The summed E-state index contributed by atoms with van der Waals surface area (Å²) < 4.78 is 7.27. The number of para-hydroxylation sites is 2. The fourth-order valence-electron chi connectivity index (χ4n) is 4.49. The van der Waals surface area contributed by atoms with Gasteiger partial charge in [0.1, 0.15) is 0 Å². The van der Waals surface area contributed by atoms with Gasteiger partial charge in [0.15, 0.2) is 5.78 Å². The molecule has 4 aromatic rings. The fourth-order valence-corrected chi connectivity index (χ4v) is 4.74. The van der Waals surface area contributed by atoms with Gasteiger partial charge in [-0.05, 0) is 67.1 Å². The number of carbonyl (C=O) groups is 2. The van der Waals surface area contributed by atoms with E-state index in [4.69, 9.17) is 27.9 Å². The number of hydrogen-bond acceptors (Lipinski definition) is 4. The Hall–Kier alpha value is -3.54. The van der Waals surface area contributed by atoms with Gasteiger partial charge >= 0.3 is 5.97 Å². The highest BCUT2D eigenvalue weighted by Crippen LogP contribution is 2.43. The number of nitrogens with zero attached hydrogens (tertiary/aromatic N) is 2. The highest BCUT2D eigenvalue weighted by atomic mass is 35.5. The number of halogens is 2. The molecule has 0 fully saturated rings. The van der Waals surface area contributed by atoms with Gasteiger partial charge in [-0.15, -0.1) is 0 Å². The molecule has 176 valence electrons. The van der Waals surface area contributed by atoms with Crippen LogP contribution in [0.3, 0.4) is 0 Å². The minimum absolute atomic E-state index is 0.0407. The van der Waals surface area contributed by atoms with Gasteiger partial charge in [0.05, 0.1) is 41.8 Å². The Labute approximate surface area is 213 Å². The first-order valence-electron chi connectivity index (χ1n) is 11.3. The van der Waals surface area contributed by atoms with Crippen molar-refractivity contribution in [2.24, 2.45) is 0 Å². The number of aromatic nitrogens is 1. The third-order valence-electron chi connectivity index (χ3n) is 6.07. The number of hydrogen-bond donors (Lipinski definition) is 0. The number of fused-ring (bicyclic) bond motifs is 3. The second-order valence-corrected chi connectivity index (χ2v) is 9.12. The van der Waals surface area contributed by atoms with Gasteiger partial charge in [-0.2, -0.15) is 0 Å². The molecule has 1 atom stereocenters. The lowest BCUT2D eigenvalue weighted by Gasteiger charge is -2.39. The molecule has 1 aliphatic rings. The van der Waals surface area contributed by atoms with Crippen LogP contribution < -0.4 is 4.90 Å². The molecular formula is C28H22Cl2N2O3. The quantitative estimate of drug-likeness (QED) is 0.215. The molecule has 1 aromatic heterocycles. The molecule has 0 N–H and O–H groups in total. The second kappa shape index (κ2) is 9.61. The predicted molar refractivity (Wildman–Crippen MR) is 138 cm³/mol. The van der Waals surface area contributed by atoms with Crippen LogP contribution >= 0.6 is 23.2 Å². The van der Waals surface area contributed by atoms with E-state index in [1.165, 1.54) is 0 Å². The third kappa shape index (κ3) is 4.45. The first kappa shape index (κ1) is 23.2. The van der Waals surface area contributed by atoms with Crippen LogP contribution in [0.4, 0.5) is 5.69 Å². The van der Waals surface area contributed by atoms with Crippen LogP contribution in [-0.2, 0) is 4.74 Å². The van der Waals surface area contributed by atoms with Crippen molar-refractivity contribution >= 4 is 40.6 Å². The lowest BCUT2D eigenvalue weighted by atomic mass is 9.96. The van der Waals surface area contributed by atoms with E-state index in [-0.39, 0.29) is 30.9 Å². The average molecular weight is 505 g/mol. The molecule has 35 heavy (non-hydrogen) atoms. The van der Waals surface area contributed by atoms with Gasteiger partial charge in [0, 0.05) is 21.8 Å². The maximum absolute atomic E-state index is 13.4. The van der Waals surface area contributed by atoms with Gasteiger partial charge in [-0.1, -0.05) is 47.5 Å². The minimum atomic E-state index is -0.384. The van der Waals surface area contributed by atoms with Crippen molar-refractivity contribution in [3.8, 4) is 5.69 Å². The van der Waals surface area contributed by atoms with E-state index in [0.717, 1.165) is 22.6 Å². The van der Waals surface area contributed by atoms with E-state index in [1.54, 1.807) is 37.4 Å². The Bertz CT molecular complexity index is 1390. The number of rotatable bonds is 6. The zero-order chi connectivity index (χ0) is 24.5. The molecule has 0 amide bonds. The van der Waals surface area contributed by atoms with Crippen LogP contribution in [0, 0.1) is 0 Å². The number of esters is 1. The molecule has 5 nitrogen and oxygen atoms in total. The summed E-state index contributed by atoms with van der Waals surface area (Å²) in [5.41, 5.74) is 4.61. The molecule has 0 saturated heterocycles. The number of carbonyl (C=O) groups excluding carboxylic acids is 2. The first-order chi connectivity index (χ1) is 17.0. The third-order valence-corrected chi connectivity index (χ3v) is 6.57. The summed E-state index contributed by atoms with van der Waals surface area (Å²) >= 11 is 12.2. The Morgan fingerprint density at radius 1 is 0.857 bits per heavy atom. The molecule has 5 rings (SSSR count). The number of ketones is 1. The van der Waals surface area contributed by atoms with Crippen LogP contribution in [-0.4, -0.2) is 29.5 Å². The monoisotopic (exact) mass is 504 g/mol. The van der Waals surface area contributed by atoms with Crippen molar-refractivity contribution in [2.75, 3.05) is 18.1 Å². The molecule has 0 aliphatic carbocycles. The van der Waals surface area contributed by atoms with Crippen molar-refractivity contribution in [1.29, 1.82) is 0 Å². The van der Waals surface area contributed by atoms with E-state index < -0.39 is 0 Å². The maximum Gasteiger partial charge on any atom is 0.339 e. The normalized spacial score (nSPS) is 14.3. The van der Waals surface area contributed by atoms with E-state index in [9.17, 15) is 9.59 Å². The van der Waals surface area contributed by atoms with Crippen LogP contribution in [0.15, 0.2) is 85.1 Å². The smallest absolute Gasteiger partial charge is 0.339 e. The zero-order valence-electron chi connectivity index (χ0n) is 18.9. The topological polar surface area (TPSA) is 51.5 Å². The van der Waals surface area contributed by atoms with Crippen molar-refractivity contribution in [1.82, 2.24) is 4.57 Å². The summed E-state index contributed by atoms with van der Waals surface area (Å²) in [6, 6.07) is 23.8. The highest BCUT2D eigenvalue weighted by Gasteiger charge is 2.35. The average Bonchev–Trinajstić information content (AvgIpc) is 3.31. The predicted octanol–water partition coefficient (Wildman–Crippen LogP) is 6.75. The molecule has 0 radical (unpaired) electrons. The van der Waals surface area contributed by atoms with Gasteiger partial charge in [-0.3, -0.25) is 4.79 Å². The van der Waals surface area contributed by atoms with E-state index >= 15 is 0 Å².